The zero-order valence-corrected chi connectivity index (χ0v) is 15.9. The number of carbonyl (C=O) groups excluding carboxylic acids is 1. The molecule has 4 rings (SSSR count). The highest BCUT2D eigenvalue weighted by molar-refractivity contribution is 5.98. The topological polar surface area (TPSA) is 70.2 Å². The number of anilines is 1. The summed E-state index contributed by atoms with van der Waals surface area (Å²) in [6, 6.07) is 15.6. The van der Waals surface area contributed by atoms with Crippen LogP contribution in [-0.2, 0) is 11.3 Å². The number of carbonyl (C=O) groups is 1. The van der Waals surface area contributed by atoms with Gasteiger partial charge in [0.15, 0.2) is 0 Å². The summed E-state index contributed by atoms with van der Waals surface area (Å²) in [5.41, 5.74) is 2.85. The summed E-state index contributed by atoms with van der Waals surface area (Å²) < 4.78 is 5.24. The molecule has 0 radical (unpaired) electrons. The molecular formula is C22H24N4O2. The number of nitrogens with one attached hydrogen (secondary N) is 2. The lowest BCUT2D eigenvalue weighted by molar-refractivity contribution is -0.120. The van der Waals surface area contributed by atoms with E-state index in [0.717, 1.165) is 47.8 Å². The van der Waals surface area contributed by atoms with Crippen LogP contribution in [0.15, 0.2) is 60.9 Å². The number of aromatic nitrogens is 2. The zero-order valence-electron chi connectivity index (χ0n) is 15.9. The molecule has 1 atom stereocenters. The number of hydrogen-bond donors (Lipinski definition) is 2. The van der Waals surface area contributed by atoms with Gasteiger partial charge in [-0.3, -0.25) is 9.69 Å². The Balaban J connectivity index is 1.51. The second-order valence-corrected chi connectivity index (χ2v) is 6.93. The number of rotatable bonds is 6. The number of likely N-dealkylation sites (tertiary alicyclic amines) is 1. The van der Waals surface area contributed by atoms with Crippen molar-refractivity contribution in [3.63, 3.8) is 0 Å². The van der Waals surface area contributed by atoms with Crippen LogP contribution >= 0.6 is 0 Å². The number of hydrogen-bond acceptors (Lipinski definition) is 4. The molecule has 1 aromatic heterocycles. The summed E-state index contributed by atoms with van der Waals surface area (Å²) in [5, 5.41) is 3.15. The number of benzene rings is 2. The highest BCUT2D eigenvalue weighted by Gasteiger charge is 2.31. The maximum atomic E-state index is 13.0. The molecule has 0 unspecified atom stereocenters. The monoisotopic (exact) mass is 376 g/mol. The summed E-state index contributed by atoms with van der Waals surface area (Å²) >= 11 is 0. The van der Waals surface area contributed by atoms with Gasteiger partial charge in [-0.25, -0.2) is 4.98 Å². The van der Waals surface area contributed by atoms with Crippen molar-refractivity contribution in [2.45, 2.75) is 25.4 Å². The largest absolute Gasteiger partial charge is 0.497 e. The normalized spacial score (nSPS) is 16.8. The van der Waals surface area contributed by atoms with Gasteiger partial charge in [0, 0.05) is 23.6 Å². The van der Waals surface area contributed by atoms with E-state index < -0.39 is 0 Å². The molecule has 1 aliphatic rings. The van der Waals surface area contributed by atoms with Gasteiger partial charge in [-0.2, -0.15) is 0 Å². The number of ether oxygens (including phenoxy) is 1. The van der Waals surface area contributed by atoms with Crippen molar-refractivity contribution in [3.05, 3.63) is 66.7 Å². The van der Waals surface area contributed by atoms with Crippen LogP contribution in [0.4, 0.5) is 5.69 Å². The third kappa shape index (κ3) is 3.92. The molecule has 1 saturated heterocycles. The molecule has 2 heterocycles. The standard InChI is InChI=1S/C22H24N4O2/c1-28-17-10-8-16(9-11-17)18-5-2-3-6-19(18)25-22(27)20-7-4-14-26(20)15-21-23-12-13-24-21/h2-3,5-6,8-13,20H,4,7,14-15H2,1H3,(H,23,24)(H,25,27)/t20-/m1/s1. The third-order valence-corrected chi connectivity index (χ3v) is 5.16. The summed E-state index contributed by atoms with van der Waals surface area (Å²) in [7, 11) is 1.65. The van der Waals surface area contributed by atoms with E-state index in [-0.39, 0.29) is 11.9 Å². The van der Waals surface area contributed by atoms with E-state index >= 15 is 0 Å². The van der Waals surface area contributed by atoms with Crippen molar-refractivity contribution in [2.75, 3.05) is 19.0 Å². The number of nitrogens with zero attached hydrogens (tertiary/aromatic N) is 2. The van der Waals surface area contributed by atoms with E-state index in [4.69, 9.17) is 4.74 Å². The molecule has 1 fully saturated rings. The fourth-order valence-electron chi connectivity index (χ4n) is 3.72. The van der Waals surface area contributed by atoms with Crippen LogP contribution in [0, 0.1) is 0 Å². The number of imidazole rings is 1. The van der Waals surface area contributed by atoms with Crippen LogP contribution in [0.5, 0.6) is 5.75 Å². The average molecular weight is 376 g/mol. The van der Waals surface area contributed by atoms with Gasteiger partial charge >= 0.3 is 0 Å². The molecule has 0 bridgehead atoms. The van der Waals surface area contributed by atoms with Crippen molar-refractivity contribution >= 4 is 11.6 Å². The predicted octanol–water partition coefficient (Wildman–Crippen LogP) is 3.69. The van der Waals surface area contributed by atoms with Gasteiger partial charge in [0.05, 0.1) is 19.7 Å². The summed E-state index contributed by atoms with van der Waals surface area (Å²) in [4.78, 5) is 22.6. The molecule has 0 aliphatic carbocycles. The highest BCUT2D eigenvalue weighted by Crippen LogP contribution is 2.30. The number of amides is 1. The second-order valence-electron chi connectivity index (χ2n) is 6.93. The summed E-state index contributed by atoms with van der Waals surface area (Å²) in [6.07, 6.45) is 5.42. The van der Waals surface area contributed by atoms with Crippen molar-refractivity contribution in [3.8, 4) is 16.9 Å². The lowest BCUT2D eigenvalue weighted by atomic mass is 10.0. The van der Waals surface area contributed by atoms with E-state index in [1.54, 1.807) is 13.3 Å². The minimum Gasteiger partial charge on any atom is -0.497 e. The van der Waals surface area contributed by atoms with Gasteiger partial charge in [-0.15, -0.1) is 0 Å². The molecular weight excluding hydrogens is 352 g/mol. The minimum atomic E-state index is -0.144. The van der Waals surface area contributed by atoms with Crippen LogP contribution in [0.25, 0.3) is 11.1 Å². The molecule has 6 nitrogen and oxygen atoms in total. The molecule has 1 aliphatic heterocycles. The molecule has 2 N–H and O–H groups in total. The number of H-pyrrole nitrogens is 1. The Hall–Kier alpha value is -3.12. The number of aromatic amines is 1. The number of methoxy groups -OCH3 is 1. The lowest BCUT2D eigenvalue weighted by Gasteiger charge is -2.23. The molecule has 0 spiro atoms. The molecule has 3 aromatic rings. The first-order valence-corrected chi connectivity index (χ1v) is 9.51. The van der Waals surface area contributed by atoms with E-state index in [1.165, 1.54) is 0 Å². The first-order valence-electron chi connectivity index (χ1n) is 9.51. The molecule has 0 saturated carbocycles. The van der Waals surface area contributed by atoms with E-state index in [1.807, 2.05) is 54.7 Å². The maximum Gasteiger partial charge on any atom is 0.241 e. The summed E-state index contributed by atoms with van der Waals surface area (Å²) in [5.74, 6) is 1.73. The lowest BCUT2D eigenvalue weighted by Crippen LogP contribution is -2.39. The summed E-state index contributed by atoms with van der Waals surface area (Å²) in [6.45, 7) is 1.56. The Morgan fingerprint density at radius 3 is 2.82 bits per heavy atom. The SMILES string of the molecule is COc1ccc(-c2ccccc2NC(=O)[C@H]2CCCN2Cc2ncc[nH]2)cc1. The Morgan fingerprint density at radius 2 is 2.07 bits per heavy atom. The molecule has 6 heteroatoms. The van der Waals surface area contributed by atoms with Gasteiger partial charge in [0.2, 0.25) is 5.91 Å². The first-order chi connectivity index (χ1) is 13.7. The quantitative estimate of drug-likeness (QED) is 0.688. The Labute approximate surface area is 164 Å². The predicted molar refractivity (Wildman–Crippen MR) is 109 cm³/mol. The fourth-order valence-corrected chi connectivity index (χ4v) is 3.72. The van der Waals surface area contributed by atoms with Crippen LogP contribution in [0.1, 0.15) is 18.7 Å². The van der Waals surface area contributed by atoms with Crippen molar-refractivity contribution < 1.29 is 9.53 Å². The van der Waals surface area contributed by atoms with E-state index in [2.05, 4.69) is 20.2 Å². The second kappa shape index (κ2) is 8.27. The Morgan fingerprint density at radius 1 is 1.25 bits per heavy atom. The molecule has 28 heavy (non-hydrogen) atoms. The Bertz CT molecular complexity index is 922. The van der Waals surface area contributed by atoms with Gasteiger partial charge in [-0.1, -0.05) is 30.3 Å². The average Bonchev–Trinajstić information content (AvgIpc) is 3.41. The van der Waals surface area contributed by atoms with Gasteiger partial charge in [-0.05, 0) is 43.1 Å². The number of para-hydroxylation sites is 1. The maximum absolute atomic E-state index is 13.0. The molecule has 1 amide bonds. The van der Waals surface area contributed by atoms with E-state index in [0.29, 0.717) is 6.54 Å². The van der Waals surface area contributed by atoms with Gasteiger partial charge in [0.25, 0.3) is 0 Å². The Kier molecular flexibility index (Phi) is 5.39. The first kappa shape index (κ1) is 18.3. The van der Waals surface area contributed by atoms with Gasteiger partial charge in [0.1, 0.15) is 11.6 Å². The van der Waals surface area contributed by atoms with Crippen LogP contribution < -0.4 is 10.1 Å². The molecule has 144 valence electrons. The molecule has 2 aromatic carbocycles. The van der Waals surface area contributed by atoms with Crippen molar-refractivity contribution in [1.29, 1.82) is 0 Å². The smallest absolute Gasteiger partial charge is 0.241 e. The minimum absolute atomic E-state index is 0.0324. The van der Waals surface area contributed by atoms with Gasteiger partial charge < -0.3 is 15.0 Å². The van der Waals surface area contributed by atoms with Crippen molar-refractivity contribution in [1.82, 2.24) is 14.9 Å². The van der Waals surface area contributed by atoms with Crippen LogP contribution in [0.3, 0.4) is 0 Å². The van der Waals surface area contributed by atoms with Crippen LogP contribution in [0.2, 0.25) is 0 Å². The van der Waals surface area contributed by atoms with Crippen LogP contribution in [-0.4, -0.2) is 40.5 Å². The van der Waals surface area contributed by atoms with Crippen molar-refractivity contribution in [2.24, 2.45) is 0 Å². The van der Waals surface area contributed by atoms with E-state index in [9.17, 15) is 4.79 Å². The fraction of sp³-hybridized carbons (Fsp3) is 0.273. The zero-order chi connectivity index (χ0) is 19.3. The highest BCUT2D eigenvalue weighted by atomic mass is 16.5. The third-order valence-electron chi connectivity index (χ3n) is 5.16.